The van der Waals surface area contributed by atoms with Crippen molar-refractivity contribution in [1.82, 2.24) is 14.7 Å². The standard InChI is InChI=1S/C27H26F3NO2S.C26H23BrF3NO2.C26H24F3NO3.CH4S.Br3P.Na/c1-18(19-3-5-20(6-4-19)24-12-11-23(29)17-25(24)30)31-15-13-27(14-16-34-2,33-26(31)32)21-7-9-22(28)10-8-21;1-17(18-2-4-19(5-3-18)23-11-10-22(29)16-24(23)30)31-15-13-26(12-14-27,33-25(31)32)20-6-8-21(28)9-7-20;1-17(18-2-4-19(5-3-18)23-11-10-22(28)16-24(23)29)30-14-12-26(13-15-31,33-25(30)32)20-6-8-21(27)9-7-20;1-2;1-4(2)3;/h3-12,17-18H,13-16H2,1-2H3;2-11,16-17H,12-15H2,1H3;2-11,16-17,31H,12-15H2,1H3;2H,1H3;;/q;;;;;+1/p-1/t18-,27-;17-,26+;17-,26-;;;/m000.../s1. The summed E-state index contributed by atoms with van der Waals surface area (Å²) in [5, 5.41) is 10.2. The smallest absolute Gasteiger partial charge is 0.796 e. The van der Waals surface area contributed by atoms with Crippen molar-refractivity contribution in [2.24, 2.45) is 0 Å². The van der Waals surface area contributed by atoms with Crippen LogP contribution in [0.25, 0.3) is 33.4 Å². The molecule has 3 heterocycles. The SMILES string of the molecule is BrP(Br)Br.CSCC[C@]1(c2ccc(F)cc2)CCN([C@@H](C)c2ccc(-c3ccc(F)cc3F)cc2)C(=O)O1.C[C@@H](c1ccc(-c2ccc(F)cc2F)cc1)N1CC[C@](CCBr)(c2ccc(F)cc2)OC1=O.C[C@@H](c1ccc(-c2ccc(F)cc2F)cc1)N1CC[C@](CCO)(c2ccc(F)cc2)OC1=O.C[S-].[Na+]. The summed E-state index contributed by atoms with van der Waals surface area (Å²) in [5.41, 5.74) is 4.95. The molecule has 0 saturated carbocycles. The van der Waals surface area contributed by atoms with Gasteiger partial charge in [0, 0.05) is 105 Å². The minimum absolute atomic E-state index is 0. The van der Waals surface area contributed by atoms with Gasteiger partial charge in [-0.25, -0.2) is 53.9 Å². The fourth-order valence-corrected chi connectivity index (χ4v) is 14.2. The van der Waals surface area contributed by atoms with E-state index in [-0.39, 0.29) is 82.2 Å². The van der Waals surface area contributed by atoms with Crippen molar-refractivity contribution in [3.05, 3.63) is 286 Å². The molecule has 3 saturated heterocycles. The Bertz CT molecular complexity index is 4210. The minimum Gasteiger partial charge on any atom is -0.796 e. The third kappa shape index (κ3) is 22.9. The Morgan fingerprint density at radius 3 is 0.916 bits per heavy atom. The zero-order valence-electron chi connectivity index (χ0n) is 59.2. The largest absolute Gasteiger partial charge is 1.00 e. The number of nitrogens with zero attached hydrogens (tertiary/aromatic N) is 3. The number of hydrogen-bond donors (Lipinski definition) is 1. The molecule has 9 aromatic carbocycles. The van der Waals surface area contributed by atoms with Gasteiger partial charge in [-0.3, -0.25) is 0 Å². The van der Waals surface area contributed by atoms with Crippen LogP contribution in [0, 0.1) is 52.4 Å². The Labute approximate surface area is 683 Å². The fourth-order valence-electron chi connectivity index (χ4n) is 13.0. The number of carbonyl (C=O) groups excluding carboxylic acids is 3. The minimum atomic E-state index is -1.01. The summed E-state index contributed by atoms with van der Waals surface area (Å²) in [5.74, 6) is -4.02. The van der Waals surface area contributed by atoms with Crippen molar-refractivity contribution in [2.45, 2.75) is 94.2 Å². The second-order valence-electron chi connectivity index (χ2n) is 25.1. The average Bonchev–Trinajstić information content (AvgIpc) is 0.782. The molecule has 1 N–H and O–H groups in total. The van der Waals surface area contributed by atoms with E-state index in [9.17, 15) is 59.0 Å². The molecule has 9 aromatic rings. The Morgan fingerprint density at radius 1 is 0.430 bits per heavy atom. The Kier molecular flexibility index (Phi) is 34.2. The van der Waals surface area contributed by atoms with Gasteiger partial charge in [-0.15, -0.1) is 0 Å². The van der Waals surface area contributed by atoms with Gasteiger partial charge in [0.05, 0.1) is 18.1 Å². The maximum Gasteiger partial charge on any atom is 1.00 e. The zero-order chi connectivity index (χ0) is 77.0. The van der Waals surface area contributed by atoms with Gasteiger partial charge >= 0.3 is 47.8 Å². The number of rotatable bonds is 19. The second kappa shape index (κ2) is 41.4. The maximum atomic E-state index is 14.1. The Hall–Kier alpha value is -5.83. The Balaban J connectivity index is 0.000000214. The molecule has 3 amide bonds. The van der Waals surface area contributed by atoms with Crippen LogP contribution in [0.3, 0.4) is 0 Å². The van der Waals surface area contributed by atoms with Crippen LogP contribution in [0.4, 0.5) is 53.9 Å². The van der Waals surface area contributed by atoms with Crippen LogP contribution in [0.1, 0.15) is 111 Å². The average molecular weight is 1800 g/mol. The van der Waals surface area contributed by atoms with Gasteiger partial charge in [0.1, 0.15) is 73.2 Å². The molecule has 107 heavy (non-hydrogen) atoms. The molecule has 562 valence electrons. The van der Waals surface area contributed by atoms with Gasteiger partial charge in [0.2, 0.25) is 0 Å². The molecule has 0 radical (unpaired) electrons. The number of alkyl halides is 1. The molecule has 27 heteroatoms. The van der Waals surface area contributed by atoms with Crippen molar-refractivity contribution < 1.29 is 103 Å². The summed E-state index contributed by atoms with van der Waals surface area (Å²) >= 11 is 18.7. The van der Waals surface area contributed by atoms with E-state index in [0.717, 1.165) is 51.8 Å². The van der Waals surface area contributed by atoms with Gasteiger partial charge in [-0.1, -0.05) is 125 Å². The fraction of sp³-hybridized carbons (Fsp3) is 0.287. The van der Waals surface area contributed by atoms with Gasteiger partial charge < -0.3 is 46.6 Å². The second-order valence-corrected chi connectivity index (χ2v) is 42.2. The number of cyclic esters (lactones) is 3. The van der Waals surface area contributed by atoms with Crippen molar-refractivity contribution in [3.8, 4) is 33.4 Å². The third-order valence-electron chi connectivity index (χ3n) is 19.0. The number of carbonyl (C=O) groups is 3. The van der Waals surface area contributed by atoms with Crippen molar-refractivity contribution in [3.63, 3.8) is 0 Å². The molecule has 12 rings (SSSR count). The van der Waals surface area contributed by atoms with Crippen LogP contribution in [0.5, 0.6) is 0 Å². The quantitative estimate of drug-likeness (QED) is 0.0211. The van der Waals surface area contributed by atoms with Gasteiger partial charge in [0.25, 0.3) is 0 Å². The van der Waals surface area contributed by atoms with Crippen molar-refractivity contribution in [1.29, 1.82) is 0 Å². The molecule has 0 unspecified atom stereocenters. The van der Waals surface area contributed by atoms with Crippen LogP contribution in [-0.4, -0.2) is 87.9 Å². The van der Waals surface area contributed by atoms with Gasteiger partial charge in [-0.2, -0.15) is 18.0 Å². The Morgan fingerprint density at radius 2 is 0.682 bits per heavy atom. The topological polar surface area (TPSA) is 109 Å². The molecule has 0 aliphatic carbocycles. The number of aliphatic hydroxyl groups excluding tert-OH is 1. The molecule has 3 fully saturated rings. The molecule has 0 aromatic heterocycles. The number of amides is 3. The summed E-state index contributed by atoms with van der Waals surface area (Å²) in [6, 6.07) is 49.0. The van der Waals surface area contributed by atoms with Crippen molar-refractivity contribution in [2.75, 3.05) is 49.8 Å². The first-order chi connectivity index (χ1) is 50.7. The van der Waals surface area contributed by atoms with Gasteiger partial charge in [-0.05, 0) is 202 Å². The first-order valence-electron chi connectivity index (χ1n) is 33.5. The normalized spacial score (nSPS) is 18.4. The van der Waals surface area contributed by atoms with Gasteiger partial charge in [0.15, 0.2) is 0 Å². The van der Waals surface area contributed by atoms with E-state index in [0.29, 0.717) is 96.0 Å². The summed E-state index contributed by atoms with van der Waals surface area (Å²) < 4.78 is 140. The molecule has 0 spiro atoms. The summed E-state index contributed by atoms with van der Waals surface area (Å²) in [6.07, 6.45) is 5.23. The summed E-state index contributed by atoms with van der Waals surface area (Å²) in [7, 11) is 0. The first kappa shape index (κ1) is 88.4. The van der Waals surface area contributed by atoms with E-state index in [2.05, 4.69) is 75.0 Å². The molecule has 3 aliphatic heterocycles. The number of benzene rings is 9. The van der Waals surface area contributed by atoms with E-state index in [1.165, 1.54) is 72.8 Å². The predicted octanol–water partition coefficient (Wildman–Crippen LogP) is 21.2. The van der Waals surface area contributed by atoms with Crippen LogP contribution < -0.4 is 29.6 Å². The van der Waals surface area contributed by atoms with E-state index in [1.54, 1.807) is 118 Å². The molecule has 0 bridgehead atoms. The predicted molar refractivity (Wildman–Crippen MR) is 418 cm³/mol. The number of aliphatic hydroxyl groups is 1. The number of halogens is 13. The van der Waals surface area contributed by atoms with Crippen LogP contribution in [-0.2, 0) is 43.6 Å². The third-order valence-corrected chi connectivity index (χ3v) is 20.0. The van der Waals surface area contributed by atoms with E-state index in [4.69, 9.17) is 14.2 Å². The van der Waals surface area contributed by atoms with Crippen LogP contribution >= 0.6 is 78.2 Å². The van der Waals surface area contributed by atoms with Crippen LogP contribution in [0.2, 0.25) is 0 Å². The maximum absolute atomic E-state index is 14.1. The molecular formula is C80H76Br4F9N3NaO7PS2. The van der Waals surface area contributed by atoms with E-state index < -0.39 is 70.0 Å². The molecule has 6 atom stereocenters. The van der Waals surface area contributed by atoms with Crippen molar-refractivity contribution >= 4 is 109 Å². The van der Waals surface area contributed by atoms with E-state index >= 15 is 0 Å². The number of ether oxygens (including phenoxy) is 3. The molecule has 3 aliphatic rings. The van der Waals surface area contributed by atoms with E-state index in [1.807, 2.05) is 51.3 Å². The monoisotopic (exact) mass is 1800 g/mol. The number of hydrogen-bond acceptors (Lipinski definition) is 9. The zero-order valence-corrected chi connectivity index (χ0v) is 70.1. The first-order valence-corrected chi connectivity index (χ1v) is 44.2. The summed E-state index contributed by atoms with van der Waals surface area (Å²) in [6.45, 7) is 6.85. The molecule has 10 nitrogen and oxygen atoms in total. The number of thioether (sulfide) groups is 1. The molecular weight excluding hydrogens is 1720 g/mol. The summed E-state index contributed by atoms with van der Waals surface area (Å²) in [4.78, 5) is 44.1. The van der Waals surface area contributed by atoms with Crippen LogP contribution in [0.15, 0.2) is 200 Å².